The zero-order chi connectivity index (χ0) is 39.4. The minimum atomic E-state index is -5.12. The zero-order valence-electron chi connectivity index (χ0n) is 28.9. The molecule has 0 radical (unpaired) electrons. The number of allylic oxidation sites excluding steroid dienone is 1. The summed E-state index contributed by atoms with van der Waals surface area (Å²) in [6.45, 7) is 5.11. The van der Waals surface area contributed by atoms with Crippen LogP contribution in [-0.2, 0) is 28.0 Å². The molecule has 1 aliphatic heterocycles. The van der Waals surface area contributed by atoms with Gasteiger partial charge in [-0.1, -0.05) is 31.5 Å². The van der Waals surface area contributed by atoms with E-state index in [9.17, 15) is 49.1 Å². The van der Waals surface area contributed by atoms with Crippen LogP contribution in [0.25, 0.3) is 16.7 Å². The van der Waals surface area contributed by atoms with E-state index in [2.05, 4.69) is 4.74 Å². The first-order valence-electron chi connectivity index (χ1n) is 16.1. The summed E-state index contributed by atoms with van der Waals surface area (Å²) < 4.78 is 141. The van der Waals surface area contributed by atoms with Crippen LogP contribution in [0, 0.1) is 5.41 Å². The Morgan fingerprint density at radius 1 is 0.887 bits per heavy atom. The summed E-state index contributed by atoms with van der Waals surface area (Å²) in [5, 5.41) is -0.170. The Labute approximate surface area is 303 Å². The van der Waals surface area contributed by atoms with Gasteiger partial charge in [-0.3, -0.25) is 4.90 Å². The number of carbonyl (C=O) groups excluding carboxylic acids is 2. The number of ether oxygens (including phenoxy) is 3. The quantitative estimate of drug-likeness (QED) is 0.177. The average molecular weight is 778 g/mol. The van der Waals surface area contributed by atoms with Crippen molar-refractivity contribution in [2.24, 2.45) is 5.41 Å². The van der Waals surface area contributed by atoms with Crippen LogP contribution in [0.4, 0.5) is 44.3 Å². The van der Waals surface area contributed by atoms with Gasteiger partial charge in [-0.2, -0.15) is 39.5 Å². The predicted octanol–water partition coefficient (Wildman–Crippen LogP) is 11.4. The van der Waals surface area contributed by atoms with Gasteiger partial charge in [0.05, 0.1) is 42.5 Å². The molecule has 1 heterocycles. The smallest absolute Gasteiger partial charge is 0.417 e. The summed E-state index contributed by atoms with van der Waals surface area (Å²) in [5.74, 6) is -0.899. The van der Waals surface area contributed by atoms with Crippen molar-refractivity contribution in [2.75, 3.05) is 20.8 Å². The number of methoxy groups -OCH3 is 2. The largest absolute Gasteiger partial charge is 0.496 e. The van der Waals surface area contributed by atoms with Crippen LogP contribution in [0.15, 0.2) is 54.1 Å². The Hall–Kier alpha value is -4.40. The minimum Gasteiger partial charge on any atom is -0.496 e. The third-order valence-electron chi connectivity index (χ3n) is 9.51. The molecule has 3 aromatic carbocycles. The summed E-state index contributed by atoms with van der Waals surface area (Å²) in [4.78, 5) is 26.5. The number of cyclic esters (lactones) is 1. The number of rotatable bonds is 7. The number of amides is 1. The molecule has 0 saturated carbocycles. The Bertz CT molecular complexity index is 1940. The maximum atomic E-state index is 14.5. The fourth-order valence-corrected chi connectivity index (χ4v) is 7.10. The van der Waals surface area contributed by atoms with Crippen LogP contribution in [0.2, 0.25) is 5.02 Å². The molecule has 2 aliphatic rings. The van der Waals surface area contributed by atoms with Crippen LogP contribution in [0.3, 0.4) is 0 Å². The molecule has 53 heavy (non-hydrogen) atoms. The van der Waals surface area contributed by atoms with E-state index < -0.39 is 65.0 Å². The van der Waals surface area contributed by atoms with Crippen LogP contribution < -0.4 is 4.74 Å². The van der Waals surface area contributed by atoms with E-state index in [4.69, 9.17) is 21.1 Å². The third kappa shape index (κ3) is 8.24. The number of benzene rings is 3. The highest BCUT2D eigenvalue weighted by atomic mass is 35.5. The molecular weight excluding hydrogens is 745 g/mol. The fraction of sp³-hybridized carbons (Fsp3) is 0.405. The van der Waals surface area contributed by atoms with Gasteiger partial charge >= 0.3 is 30.6 Å². The molecular formula is C37H33ClF9NO5. The van der Waals surface area contributed by atoms with Gasteiger partial charge in [0, 0.05) is 22.7 Å². The first kappa shape index (κ1) is 39.8. The van der Waals surface area contributed by atoms with E-state index in [1.165, 1.54) is 43.2 Å². The Balaban J connectivity index is 1.63. The summed E-state index contributed by atoms with van der Waals surface area (Å²) in [6.07, 6.45) is -16.4. The molecule has 16 heteroatoms. The van der Waals surface area contributed by atoms with Gasteiger partial charge in [-0.25, -0.2) is 9.59 Å². The fourth-order valence-electron chi connectivity index (χ4n) is 6.82. The maximum absolute atomic E-state index is 14.5. The molecule has 1 aliphatic carbocycles. The van der Waals surface area contributed by atoms with Crippen molar-refractivity contribution in [2.45, 2.75) is 70.7 Å². The summed E-state index contributed by atoms with van der Waals surface area (Å²) >= 11 is 6.44. The lowest BCUT2D eigenvalue weighted by atomic mass is 9.72. The van der Waals surface area contributed by atoms with Crippen molar-refractivity contribution in [1.29, 1.82) is 0 Å². The van der Waals surface area contributed by atoms with Crippen molar-refractivity contribution >= 4 is 29.2 Å². The van der Waals surface area contributed by atoms with Crippen LogP contribution in [-0.4, -0.2) is 43.8 Å². The zero-order valence-corrected chi connectivity index (χ0v) is 29.6. The molecule has 6 nitrogen and oxygen atoms in total. The van der Waals surface area contributed by atoms with Gasteiger partial charge in [0.1, 0.15) is 11.9 Å². The van der Waals surface area contributed by atoms with Crippen molar-refractivity contribution in [3.63, 3.8) is 0 Å². The second-order valence-electron chi connectivity index (χ2n) is 13.7. The van der Waals surface area contributed by atoms with E-state index in [0.29, 0.717) is 42.5 Å². The second-order valence-corrected chi connectivity index (χ2v) is 14.1. The van der Waals surface area contributed by atoms with Crippen molar-refractivity contribution in [3.05, 3.63) is 92.5 Å². The molecule has 286 valence electrons. The molecule has 1 fully saturated rings. The van der Waals surface area contributed by atoms with Crippen LogP contribution >= 0.6 is 11.6 Å². The highest BCUT2D eigenvalue weighted by molar-refractivity contribution is 6.33. The first-order valence-corrected chi connectivity index (χ1v) is 16.5. The molecule has 1 amide bonds. The van der Waals surface area contributed by atoms with E-state index in [0.717, 1.165) is 13.2 Å². The Morgan fingerprint density at radius 3 is 2.04 bits per heavy atom. The highest BCUT2D eigenvalue weighted by Crippen LogP contribution is 2.50. The SMILES string of the molecule is COC(=O)c1ccc(-c2cc(C3=C(CN4C(=O)O[C@H](c5cc(C(F)(F)F)cc(C(F)(F)F)c5)[C@@H]4C)CC(C)(C)CC3)c(OC)cc2C(F)(F)F)c(Cl)c1. The third-order valence-corrected chi connectivity index (χ3v) is 9.83. The van der Waals surface area contributed by atoms with Gasteiger partial charge in [-0.15, -0.1) is 0 Å². The lowest BCUT2D eigenvalue weighted by Crippen LogP contribution is -2.35. The Kier molecular flexibility index (Phi) is 10.6. The molecule has 3 aromatic rings. The normalized spacial score (nSPS) is 19.4. The summed E-state index contributed by atoms with van der Waals surface area (Å²) in [5.41, 5.74) is -4.10. The van der Waals surface area contributed by atoms with E-state index >= 15 is 0 Å². The topological polar surface area (TPSA) is 65.1 Å². The van der Waals surface area contributed by atoms with Crippen molar-refractivity contribution in [1.82, 2.24) is 4.90 Å². The molecule has 0 N–H and O–H groups in total. The Morgan fingerprint density at radius 2 is 1.51 bits per heavy atom. The van der Waals surface area contributed by atoms with E-state index in [1.807, 2.05) is 13.8 Å². The molecule has 0 unspecified atom stereocenters. The lowest BCUT2D eigenvalue weighted by Gasteiger charge is -2.36. The van der Waals surface area contributed by atoms with Gasteiger partial charge < -0.3 is 14.2 Å². The minimum absolute atomic E-state index is 0.00716. The number of nitrogens with zero attached hydrogens (tertiary/aromatic N) is 1. The van der Waals surface area contributed by atoms with Gasteiger partial charge in [0.15, 0.2) is 0 Å². The average Bonchev–Trinajstić information content (AvgIpc) is 3.34. The molecule has 2 atom stereocenters. The number of esters is 1. The summed E-state index contributed by atoms with van der Waals surface area (Å²) in [7, 11) is 2.33. The van der Waals surface area contributed by atoms with Crippen LogP contribution in [0.1, 0.15) is 84.3 Å². The number of hydrogen-bond acceptors (Lipinski definition) is 5. The van der Waals surface area contributed by atoms with E-state index in [-0.39, 0.29) is 51.1 Å². The number of alkyl halides is 9. The van der Waals surface area contributed by atoms with Gasteiger partial charge in [0.2, 0.25) is 0 Å². The van der Waals surface area contributed by atoms with Crippen molar-refractivity contribution < 1.29 is 63.3 Å². The molecule has 1 saturated heterocycles. The number of carbonyl (C=O) groups is 2. The van der Waals surface area contributed by atoms with Gasteiger partial charge in [0.25, 0.3) is 0 Å². The van der Waals surface area contributed by atoms with Gasteiger partial charge in [-0.05, 0) is 96.3 Å². The molecule has 0 bridgehead atoms. The second kappa shape index (κ2) is 14.1. The first-order chi connectivity index (χ1) is 24.4. The van der Waals surface area contributed by atoms with Crippen LogP contribution in [0.5, 0.6) is 5.75 Å². The highest BCUT2D eigenvalue weighted by Gasteiger charge is 2.45. The van der Waals surface area contributed by atoms with E-state index in [1.54, 1.807) is 0 Å². The lowest BCUT2D eigenvalue weighted by molar-refractivity contribution is -0.143. The van der Waals surface area contributed by atoms with Crippen molar-refractivity contribution in [3.8, 4) is 16.9 Å². The molecule has 5 rings (SSSR count). The summed E-state index contributed by atoms with van der Waals surface area (Å²) in [6, 6.07) is 5.76. The molecule has 0 aromatic heterocycles. The number of halogens is 10. The maximum Gasteiger partial charge on any atom is 0.417 e. The predicted molar refractivity (Wildman–Crippen MR) is 176 cm³/mol. The standard InChI is InChI=1S/C37H33ClF9NO5/c1-18-31(20-10-22(35(39,40)41)13-23(11-20)36(42,43)44)53-33(50)48(18)17-21-16-34(2,3)9-8-24(21)27-14-26(28(37(45,46)47)15-30(27)51-4)25-7-6-19(12-29(25)38)32(49)52-5/h6-7,10-15,18,31H,8-9,16-17H2,1-5H3/t18-,31-/m0/s1. The molecule has 0 spiro atoms. The monoisotopic (exact) mass is 777 g/mol. The number of hydrogen-bond donors (Lipinski definition) is 0.